The smallest absolute Gasteiger partial charge is 0.403 e. The number of nitrogens with two attached hydrogens (primary N) is 1. The zero-order chi connectivity index (χ0) is 26.0. The Kier molecular flexibility index (Phi) is 7.72. The predicted molar refractivity (Wildman–Crippen MR) is 106 cm³/mol. The van der Waals surface area contributed by atoms with Crippen molar-refractivity contribution in [3.63, 3.8) is 0 Å². The van der Waals surface area contributed by atoms with Crippen molar-refractivity contribution in [1.29, 1.82) is 0 Å². The monoisotopic (exact) mass is 508 g/mol. The molecule has 0 radical (unpaired) electrons. The van der Waals surface area contributed by atoms with Gasteiger partial charge in [0.1, 0.15) is 11.2 Å². The molecule has 192 valence electrons. The molecule has 2 heterocycles. The van der Waals surface area contributed by atoms with Gasteiger partial charge in [0.05, 0.1) is 6.04 Å². The fourth-order valence-corrected chi connectivity index (χ4v) is 4.06. The Morgan fingerprint density at radius 2 is 1.89 bits per heavy atom. The fraction of sp³-hybridized carbons (Fsp3) is 0.524. The van der Waals surface area contributed by atoms with Gasteiger partial charge in [-0.3, -0.25) is 9.59 Å². The van der Waals surface area contributed by atoms with E-state index in [9.17, 15) is 31.1 Å². The molecule has 1 aliphatic carbocycles. The van der Waals surface area contributed by atoms with E-state index in [1.54, 1.807) is 0 Å². The van der Waals surface area contributed by atoms with Crippen LogP contribution in [0.2, 0.25) is 0 Å². The minimum atomic E-state index is -4.50. The van der Waals surface area contributed by atoms with Crippen LogP contribution in [0.15, 0.2) is 16.7 Å². The first kappa shape index (κ1) is 26.4. The van der Waals surface area contributed by atoms with Crippen LogP contribution in [0.25, 0.3) is 0 Å². The molecule has 1 unspecified atom stereocenters. The number of rotatable bonds is 6. The molecule has 1 saturated heterocycles. The molecular formula is C21H22F6N4O4. The molecule has 35 heavy (non-hydrogen) atoms. The molecule has 1 aliphatic heterocycles. The number of amides is 1. The number of alkyl halides is 3. The van der Waals surface area contributed by atoms with E-state index in [0.717, 1.165) is 0 Å². The molecule has 2 aromatic rings. The summed E-state index contributed by atoms with van der Waals surface area (Å²) in [5.41, 5.74) is 3.66. The number of nitrogens with zero attached hydrogens (tertiary/aromatic N) is 3. The Labute approximate surface area is 195 Å². The fourth-order valence-electron chi connectivity index (χ4n) is 4.06. The second kappa shape index (κ2) is 10.2. The standard InChI is InChI=1S/C20H20F6N4O2.CH2O2/c21-12-9-14(23)13(22)7-10(12)6-11(27)8-16(31)30-5-1-2-15(30)17-28-18(32-29-17)19(3-4-19)20(24,25)26;2-1-3/h7,9,11,15H,1-6,8,27H2;1H,(H,2,3)/t11?,15-;/m0./s1. The molecule has 14 heteroatoms. The third-order valence-corrected chi connectivity index (χ3v) is 6.02. The van der Waals surface area contributed by atoms with Gasteiger partial charge < -0.3 is 20.3 Å². The molecule has 1 amide bonds. The lowest BCUT2D eigenvalue weighted by Crippen LogP contribution is -2.37. The van der Waals surface area contributed by atoms with Crippen LogP contribution in [0.1, 0.15) is 55.4 Å². The van der Waals surface area contributed by atoms with E-state index >= 15 is 0 Å². The van der Waals surface area contributed by atoms with Gasteiger partial charge in [0.2, 0.25) is 11.8 Å². The topological polar surface area (TPSA) is 123 Å². The Bertz CT molecular complexity index is 1070. The third-order valence-electron chi connectivity index (χ3n) is 6.02. The average molecular weight is 508 g/mol. The van der Waals surface area contributed by atoms with Gasteiger partial charge in [-0.1, -0.05) is 5.16 Å². The third kappa shape index (κ3) is 5.57. The molecule has 3 N–H and O–H groups in total. The lowest BCUT2D eigenvalue weighted by atomic mass is 10.0. The van der Waals surface area contributed by atoms with Crippen LogP contribution in [0.3, 0.4) is 0 Å². The molecule has 4 rings (SSSR count). The van der Waals surface area contributed by atoms with Crippen molar-refractivity contribution < 1.29 is 45.6 Å². The van der Waals surface area contributed by atoms with Crippen molar-refractivity contribution in [3.8, 4) is 0 Å². The van der Waals surface area contributed by atoms with E-state index < -0.39 is 52.9 Å². The highest BCUT2D eigenvalue weighted by molar-refractivity contribution is 5.77. The summed E-state index contributed by atoms with van der Waals surface area (Å²) in [5, 5.41) is 10.6. The first-order valence-electron chi connectivity index (χ1n) is 10.6. The van der Waals surface area contributed by atoms with Gasteiger partial charge in [0.15, 0.2) is 17.5 Å². The lowest BCUT2D eigenvalue weighted by Gasteiger charge is -2.24. The molecule has 2 atom stereocenters. The molecule has 1 saturated carbocycles. The number of likely N-dealkylation sites (tertiary alicyclic amines) is 1. The Balaban J connectivity index is 0.00000108. The van der Waals surface area contributed by atoms with Gasteiger partial charge in [0.25, 0.3) is 6.47 Å². The van der Waals surface area contributed by atoms with Crippen molar-refractivity contribution in [1.82, 2.24) is 15.0 Å². The largest absolute Gasteiger partial charge is 0.483 e. The van der Waals surface area contributed by atoms with Crippen LogP contribution >= 0.6 is 0 Å². The molecule has 2 aliphatic rings. The van der Waals surface area contributed by atoms with E-state index in [1.807, 2.05) is 0 Å². The van der Waals surface area contributed by atoms with Gasteiger partial charge in [0, 0.05) is 25.1 Å². The maximum atomic E-state index is 13.8. The summed E-state index contributed by atoms with van der Waals surface area (Å²) in [5.74, 6) is -4.44. The number of carbonyl (C=O) groups is 2. The Morgan fingerprint density at radius 3 is 2.49 bits per heavy atom. The van der Waals surface area contributed by atoms with Crippen molar-refractivity contribution in [2.45, 2.75) is 62.2 Å². The number of halogens is 6. The first-order chi connectivity index (χ1) is 16.4. The Morgan fingerprint density at radius 1 is 1.26 bits per heavy atom. The molecule has 8 nitrogen and oxygen atoms in total. The number of benzene rings is 1. The van der Waals surface area contributed by atoms with Crippen LogP contribution in [0.5, 0.6) is 0 Å². The predicted octanol–water partition coefficient (Wildman–Crippen LogP) is 3.41. The molecule has 0 spiro atoms. The summed E-state index contributed by atoms with van der Waals surface area (Å²) < 4.78 is 85.1. The summed E-state index contributed by atoms with van der Waals surface area (Å²) >= 11 is 0. The molecule has 1 aromatic heterocycles. The molecule has 2 fully saturated rings. The van der Waals surface area contributed by atoms with E-state index in [-0.39, 0.29) is 43.5 Å². The Hall–Kier alpha value is -3.16. The van der Waals surface area contributed by atoms with Gasteiger partial charge in [-0.25, -0.2) is 13.2 Å². The summed E-state index contributed by atoms with van der Waals surface area (Å²) in [6, 6.07) is -0.430. The average Bonchev–Trinajstić information content (AvgIpc) is 3.21. The minimum Gasteiger partial charge on any atom is -0.483 e. The number of carbonyl (C=O) groups excluding carboxylic acids is 1. The highest BCUT2D eigenvalue weighted by Crippen LogP contribution is 2.58. The maximum absolute atomic E-state index is 13.8. The highest BCUT2D eigenvalue weighted by atomic mass is 19.4. The number of carboxylic acid groups (broad SMARTS) is 1. The lowest BCUT2D eigenvalue weighted by molar-refractivity contribution is -0.166. The van der Waals surface area contributed by atoms with E-state index in [2.05, 4.69) is 10.1 Å². The van der Waals surface area contributed by atoms with Crippen LogP contribution in [-0.2, 0) is 21.4 Å². The highest BCUT2D eigenvalue weighted by Gasteiger charge is 2.68. The van der Waals surface area contributed by atoms with Crippen molar-refractivity contribution >= 4 is 12.4 Å². The van der Waals surface area contributed by atoms with Crippen molar-refractivity contribution in [3.05, 3.63) is 46.9 Å². The normalized spacial score (nSPS) is 19.6. The minimum absolute atomic E-state index is 0.00148. The molecular weight excluding hydrogens is 486 g/mol. The van der Waals surface area contributed by atoms with Gasteiger partial charge in [-0.05, 0) is 43.7 Å². The van der Waals surface area contributed by atoms with Crippen molar-refractivity contribution in [2.24, 2.45) is 5.73 Å². The van der Waals surface area contributed by atoms with Gasteiger partial charge in [-0.2, -0.15) is 18.2 Å². The van der Waals surface area contributed by atoms with Gasteiger partial charge in [-0.15, -0.1) is 0 Å². The quantitative estimate of drug-likeness (QED) is 0.348. The molecule has 0 bridgehead atoms. The zero-order valence-corrected chi connectivity index (χ0v) is 18.2. The maximum Gasteiger partial charge on any atom is 0.403 e. The van der Waals surface area contributed by atoms with Crippen molar-refractivity contribution in [2.75, 3.05) is 6.54 Å². The molecule has 1 aromatic carbocycles. The van der Waals surface area contributed by atoms with Crippen LogP contribution < -0.4 is 5.73 Å². The number of aromatic nitrogens is 2. The van der Waals surface area contributed by atoms with Gasteiger partial charge >= 0.3 is 6.18 Å². The van der Waals surface area contributed by atoms with E-state index in [0.29, 0.717) is 31.5 Å². The summed E-state index contributed by atoms with van der Waals surface area (Å²) in [4.78, 5) is 26.5. The SMILES string of the molecule is NC(CC(=O)N1CCC[C@H]1c1noc(C2(C(F)(F)F)CC2)n1)Cc1cc(F)c(F)cc1F.O=CO. The summed E-state index contributed by atoms with van der Waals surface area (Å²) in [7, 11) is 0. The number of hydrogen-bond acceptors (Lipinski definition) is 6. The zero-order valence-electron chi connectivity index (χ0n) is 18.2. The van der Waals surface area contributed by atoms with E-state index in [1.165, 1.54) is 4.90 Å². The summed E-state index contributed by atoms with van der Waals surface area (Å²) in [6.45, 7) is 0.0735. The van der Waals surface area contributed by atoms with Crippen LogP contribution in [-0.4, -0.2) is 51.3 Å². The van der Waals surface area contributed by atoms with Crippen LogP contribution in [0, 0.1) is 17.5 Å². The first-order valence-corrected chi connectivity index (χ1v) is 10.6. The second-order valence-electron chi connectivity index (χ2n) is 8.41. The summed E-state index contributed by atoms with van der Waals surface area (Å²) in [6.07, 6.45) is -4.15. The number of hydrogen-bond donors (Lipinski definition) is 2. The second-order valence-corrected chi connectivity index (χ2v) is 8.41. The van der Waals surface area contributed by atoms with E-state index in [4.69, 9.17) is 20.2 Å². The van der Waals surface area contributed by atoms with Crippen LogP contribution in [0.4, 0.5) is 26.3 Å².